The zero-order chi connectivity index (χ0) is 21.5. The first-order chi connectivity index (χ1) is 13.6. The van der Waals surface area contributed by atoms with Gasteiger partial charge in [0.15, 0.2) is 5.78 Å². The van der Waals surface area contributed by atoms with Crippen molar-refractivity contribution in [3.05, 3.63) is 35.5 Å². The summed E-state index contributed by atoms with van der Waals surface area (Å²) in [6, 6.07) is -0.0599. The van der Waals surface area contributed by atoms with Crippen LogP contribution < -0.4 is 5.32 Å². The third-order valence-electron chi connectivity index (χ3n) is 7.15. The van der Waals surface area contributed by atoms with Gasteiger partial charge >= 0.3 is 0 Å². The minimum atomic E-state index is -1.20. The van der Waals surface area contributed by atoms with Gasteiger partial charge in [-0.25, -0.2) is 0 Å². The number of hydrogen-bond donors (Lipinski definition) is 3. The monoisotopic (exact) mass is 401 g/mol. The molecule has 1 fully saturated rings. The van der Waals surface area contributed by atoms with Crippen molar-refractivity contribution in [2.45, 2.75) is 72.1 Å². The lowest BCUT2D eigenvalue weighted by Gasteiger charge is -2.44. The van der Waals surface area contributed by atoms with Crippen LogP contribution in [-0.2, 0) is 9.59 Å². The summed E-state index contributed by atoms with van der Waals surface area (Å²) in [6.07, 6.45) is 6.60. The van der Waals surface area contributed by atoms with E-state index in [9.17, 15) is 19.8 Å². The molecule has 1 spiro atoms. The van der Waals surface area contributed by atoms with E-state index in [1.165, 1.54) is 17.7 Å². The first-order valence-electron chi connectivity index (χ1n) is 10.8. The van der Waals surface area contributed by atoms with Crippen LogP contribution in [0.3, 0.4) is 0 Å². The number of carbonyl (C=O) groups excluding carboxylic acids is 2. The molecular formula is C24H35NO4. The highest BCUT2D eigenvalue weighted by Crippen LogP contribution is 2.55. The molecule has 1 saturated heterocycles. The number of hydrogen-bond acceptors (Lipinski definition) is 4. The molecule has 0 aromatic rings. The van der Waals surface area contributed by atoms with E-state index in [0.29, 0.717) is 18.8 Å². The SMILES string of the molecule is CC1=C[C@@H]2/C=C(/C)CC[C@H](O)[C@H](O)/C=C\C(=O)[C@]23C(=O)N[C@@H](CC(C)C)[C@H]3[C@H]1C. The Kier molecular flexibility index (Phi) is 6.21. The Labute approximate surface area is 174 Å². The van der Waals surface area contributed by atoms with Crippen LogP contribution in [0.15, 0.2) is 35.5 Å². The summed E-state index contributed by atoms with van der Waals surface area (Å²) >= 11 is 0. The van der Waals surface area contributed by atoms with Crippen molar-refractivity contribution in [2.24, 2.45) is 29.1 Å². The maximum atomic E-state index is 13.6. The molecule has 29 heavy (non-hydrogen) atoms. The summed E-state index contributed by atoms with van der Waals surface area (Å²) in [5, 5.41) is 23.6. The first-order valence-corrected chi connectivity index (χ1v) is 10.8. The van der Waals surface area contributed by atoms with E-state index in [1.54, 1.807) is 0 Å². The van der Waals surface area contributed by atoms with Gasteiger partial charge in [0.2, 0.25) is 5.91 Å². The normalized spacial score (nSPS) is 43.4. The Bertz CT molecular complexity index is 765. The molecule has 3 aliphatic rings. The van der Waals surface area contributed by atoms with Gasteiger partial charge in [0.05, 0.1) is 12.2 Å². The number of aliphatic hydroxyl groups is 2. The van der Waals surface area contributed by atoms with Crippen molar-refractivity contribution < 1.29 is 19.8 Å². The Balaban J connectivity index is 2.20. The van der Waals surface area contributed by atoms with Crippen LogP contribution in [0.2, 0.25) is 0 Å². The third-order valence-corrected chi connectivity index (χ3v) is 7.15. The van der Waals surface area contributed by atoms with E-state index >= 15 is 0 Å². The van der Waals surface area contributed by atoms with Crippen molar-refractivity contribution in [1.82, 2.24) is 5.32 Å². The second-order valence-corrected chi connectivity index (χ2v) is 9.66. The van der Waals surface area contributed by atoms with Gasteiger partial charge in [-0.05, 0) is 51.0 Å². The van der Waals surface area contributed by atoms with Crippen LogP contribution in [0.1, 0.15) is 53.9 Å². The highest BCUT2D eigenvalue weighted by molar-refractivity contribution is 6.13. The average molecular weight is 402 g/mol. The highest BCUT2D eigenvalue weighted by Gasteiger charge is 2.64. The first kappa shape index (κ1) is 22.0. The van der Waals surface area contributed by atoms with Gasteiger partial charge in [-0.1, -0.05) is 50.1 Å². The number of allylic oxidation sites excluding steroid dienone is 5. The van der Waals surface area contributed by atoms with E-state index in [0.717, 1.165) is 12.0 Å². The molecule has 0 radical (unpaired) electrons. The zero-order valence-electron chi connectivity index (χ0n) is 18.2. The van der Waals surface area contributed by atoms with Crippen molar-refractivity contribution in [3.8, 4) is 0 Å². The van der Waals surface area contributed by atoms with Gasteiger partial charge < -0.3 is 15.5 Å². The minimum Gasteiger partial charge on any atom is -0.390 e. The van der Waals surface area contributed by atoms with Gasteiger partial charge in [-0.2, -0.15) is 0 Å². The number of rotatable bonds is 2. The lowest BCUT2D eigenvalue weighted by atomic mass is 9.55. The predicted octanol–water partition coefficient (Wildman–Crippen LogP) is 2.93. The van der Waals surface area contributed by atoms with Crippen LogP contribution in [0.5, 0.6) is 0 Å². The molecule has 5 heteroatoms. The molecule has 1 heterocycles. The van der Waals surface area contributed by atoms with E-state index in [4.69, 9.17) is 0 Å². The van der Waals surface area contributed by atoms with Gasteiger partial charge in [-0.3, -0.25) is 9.59 Å². The van der Waals surface area contributed by atoms with Crippen LogP contribution in [0.25, 0.3) is 0 Å². The molecular weight excluding hydrogens is 366 g/mol. The van der Waals surface area contributed by atoms with Crippen LogP contribution >= 0.6 is 0 Å². The van der Waals surface area contributed by atoms with E-state index < -0.39 is 17.6 Å². The second-order valence-electron chi connectivity index (χ2n) is 9.66. The molecule has 0 bridgehead atoms. The van der Waals surface area contributed by atoms with Crippen LogP contribution in [0.4, 0.5) is 0 Å². The largest absolute Gasteiger partial charge is 0.390 e. The van der Waals surface area contributed by atoms with Gasteiger partial charge in [-0.15, -0.1) is 0 Å². The van der Waals surface area contributed by atoms with Crippen molar-refractivity contribution in [3.63, 3.8) is 0 Å². The molecule has 3 rings (SSSR count). The standard InChI is InChI=1S/C24H35NO4/c1-13(2)10-18-22-16(5)15(4)12-17-11-14(3)6-7-19(26)20(27)8-9-21(28)24(17,22)23(29)25-18/h8-9,11-13,16-20,22,26-27H,6-7,10H2,1-5H3,(H,25,29)/b9-8-,14-11-/t16-,17-,18-,19-,20+,22+,24+/m0/s1. The fraction of sp³-hybridized carbons (Fsp3) is 0.667. The number of carbonyl (C=O) groups is 2. The van der Waals surface area contributed by atoms with Crippen LogP contribution in [-0.4, -0.2) is 40.2 Å². The lowest BCUT2D eigenvalue weighted by molar-refractivity contribution is -0.142. The summed E-state index contributed by atoms with van der Waals surface area (Å²) in [5.41, 5.74) is 1.02. The highest BCUT2D eigenvalue weighted by atomic mass is 16.3. The molecule has 3 N–H and O–H groups in total. The second kappa shape index (κ2) is 8.19. The fourth-order valence-corrected chi connectivity index (χ4v) is 5.53. The molecule has 0 aromatic carbocycles. The Morgan fingerprint density at radius 3 is 2.55 bits per heavy atom. The molecule has 0 saturated carbocycles. The van der Waals surface area contributed by atoms with E-state index in [1.807, 2.05) is 13.0 Å². The van der Waals surface area contributed by atoms with Crippen LogP contribution in [0, 0.1) is 29.1 Å². The maximum Gasteiger partial charge on any atom is 0.235 e. The van der Waals surface area contributed by atoms with Gasteiger partial charge in [0.1, 0.15) is 5.41 Å². The van der Waals surface area contributed by atoms with Gasteiger partial charge in [0.25, 0.3) is 0 Å². The topological polar surface area (TPSA) is 86.6 Å². The van der Waals surface area contributed by atoms with Crippen molar-refractivity contribution in [1.29, 1.82) is 0 Å². The molecule has 5 nitrogen and oxygen atoms in total. The molecule has 7 atom stereocenters. The number of nitrogens with one attached hydrogen (secondary N) is 1. The van der Waals surface area contributed by atoms with Gasteiger partial charge in [0, 0.05) is 17.9 Å². The molecule has 0 aromatic heterocycles. The number of aliphatic hydroxyl groups excluding tert-OH is 2. The summed E-state index contributed by atoms with van der Waals surface area (Å²) in [7, 11) is 0. The molecule has 160 valence electrons. The minimum absolute atomic E-state index is 0.0599. The molecule has 2 aliphatic carbocycles. The zero-order valence-corrected chi connectivity index (χ0v) is 18.2. The maximum absolute atomic E-state index is 13.6. The molecule has 0 unspecified atom stereocenters. The van der Waals surface area contributed by atoms with Crippen molar-refractivity contribution >= 4 is 11.7 Å². The Morgan fingerprint density at radius 2 is 1.90 bits per heavy atom. The van der Waals surface area contributed by atoms with Crippen molar-refractivity contribution in [2.75, 3.05) is 0 Å². The van der Waals surface area contributed by atoms with E-state index in [2.05, 4.69) is 39.1 Å². The summed E-state index contributed by atoms with van der Waals surface area (Å²) < 4.78 is 0. The molecule has 1 aliphatic heterocycles. The lowest BCUT2D eigenvalue weighted by Crippen LogP contribution is -2.51. The quantitative estimate of drug-likeness (QED) is 0.490. The predicted molar refractivity (Wildman–Crippen MR) is 113 cm³/mol. The average Bonchev–Trinajstić information content (AvgIpc) is 2.93. The third kappa shape index (κ3) is 3.75. The Morgan fingerprint density at radius 1 is 1.21 bits per heavy atom. The summed E-state index contributed by atoms with van der Waals surface area (Å²) in [4.78, 5) is 27.1. The van der Waals surface area contributed by atoms with E-state index in [-0.39, 0.29) is 35.5 Å². The summed E-state index contributed by atoms with van der Waals surface area (Å²) in [6.45, 7) is 10.4. The fourth-order valence-electron chi connectivity index (χ4n) is 5.53. The smallest absolute Gasteiger partial charge is 0.235 e. The molecule has 1 amide bonds. The summed E-state index contributed by atoms with van der Waals surface area (Å²) in [5.74, 6) is -0.455. The number of ketones is 1. The Hall–Kier alpha value is -1.72. The number of amides is 1.